The molecule has 1 unspecified atom stereocenters. The summed E-state index contributed by atoms with van der Waals surface area (Å²) in [7, 11) is 0. The van der Waals surface area contributed by atoms with E-state index in [0.717, 1.165) is 12.8 Å². The summed E-state index contributed by atoms with van der Waals surface area (Å²) < 4.78 is 12.8. The maximum absolute atomic E-state index is 12.8. The molecule has 4 heteroatoms. The van der Waals surface area contributed by atoms with Crippen LogP contribution in [0.2, 0.25) is 0 Å². The molecule has 0 saturated heterocycles. The molecule has 0 spiro atoms. The van der Waals surface area contributed by atoms with Crippen LogP contribution in [-0.2, 0) is 4.79 Å². The first kappa shape index (κ1) is 14.6. The molecule has 1 aromatic rings. The maximum atomic E-state index is 12.8. The first-order chi connectivity index (χ1) is 8.54. The number of halogens is 1. The van der Waals surface area contributed by atoms with Crippen LogP contribution in [0, 0.1) is 17.7 Å². The minimum absolute atomic E-state index is 0.0231. The predicted molar refractivity (Wildman–Crippen MR) is 71.6 cm³/mol. The molecule has 0 aliphatic carbocycles. The normalized spacial score (nSPS) is 12.5. The van der Waals surface area contributed by atoms with E-state index in [4.69, 9.17) is 5.73 Å². The number of hydrogen-bond donors (Lipinski definition) is 2. The van der Waals surface area contributed by atoms with E-state index in [1.165, 1.54) is 12.1 Å². The minimum Gasteiger partial charge on any atom is -0.330 e. The average Bonchev–Trinajstić information content (AvgIpc) is 2.32. The molecule has 0 aliphatic heterocycles. The molecule has 0 radical (unpaired) electrons. The number of hydrogen-bond acceptors (Lipinski definition) is 2. The van der Waals surface area contributed by atoms with Gasteiger partial charge in [0, 0.05) is 11.6 Å². The molecule has 0 heterocycles. The average molecular weight is 252 g/mol. The largest absolute Gasteiger partial charge is 0.330 e. The number of nitrogens with one attached hydrogen (secondary N) is 1. The predicted octanol–water partition coefficient (Wildman–Crippen LogP) is 2.78. The van der Waals surface area contributed by atoms with E-state index in [0.29, 0.717) is 12.2 Å². The summed E-state index contributed by atoms with van der Waals surface area (Å²) in [5.41, 5.74) is 6.10. The highest BCUT2D eigenvalue weighted by Crippen LogP contribution is 2.19. The van der Waals surface area contributed by atoms with Gasteiger partial charge in [-0.1, -0.05) is 13.8 Å². The summed E-state index contributed by atoms with van der Waals surface area (Å²) in [6, 6.07) is 5.79. The van der Waals surface area contributed by atoms with Crippen molar-refractivity contribution >= 4 is 11.6 Å². The molecule has 3 N–H and O–H groups in total. The van der Waals surface area contributed by atoms with Crippen molar-refractivity contribution in [2.24, 2.45) is 17.6 Å². The Bertz CT molecular complexity index is 376. The highest BCUT2D eigenvalue weighted by atomic mass is 19.1. The number of carbonyl (C=O) groups is 1. The lowest BCUT2D eigenvalue weighted by Crippen LogP contribution is -2.27. The molecule has 1 aromatic carbocycles. The quantitative estimate of drug-likeness (QED) is 0.818. The Kier molecular flexibility index (Phi) is 5.78. The van der Waals surface area contributed by atoms with Gasteiger partial charge in [-0.25, -0.2) is 4.39 Å². The van der Waals surface area contributed by atoms with Crippen LogP contribution in [0.3, 0.4) is 0 Å². The summed E-state index contributed by atoms with van der Waals surface area (Å²) in [4.78, 5) is 12.1. The highest BCUT2D eigenvalue weighted by molar-refractivity contribution is 5.92. The fraction of sp³-hybridized carbons (Fsp3) is 0.500. The van der Waals surface area contributed by atoms with Gasteiger partial charge in [-0.2, -0.15) is 0 Å². The van der Waals surface area contributed by atoms with Crippen LogP contribution in [0.4, 0.5) is 10.1 Å². The minimum atomic E-state index is -0.309. The second kappa shape index (κ2) is 7.11. The summed E-state index contributed by atoms with van der Waals surface area (Å²) in [6.45, 7) is 4.63. The molecule has 3 nitrogen and oxygen atoms in total. The third-order valence-electron chi connectivity index (χ3n) is 2.97. The fourth-order valence-electron chi connectivity index (χ4n) is 1.87. The summed E-state index contributed by atoms with van der Waals surface area (Å²) >= 11 is 0. The van der Waals surface area contributed by atoms with Crippen molar-refractivity contribution in [1.82, 2.24) is 0 Å². The zero-order valence-corrected chi connectivity index (χ0v) is 10.9. The molecule has 1 rings (SSSR count). The number of rotatable bonds is 6. The summed E-state index contributed by atoms with van der Waals surface area (Å²) in [6.07, 6.45) is 1.61. The molecule has 0 fully saturated rings. The van der Waals surface area contributed by atoms with E-state index in [-0.39, 0.29) is 23.6 Å². The number of amides is 1. The molecule has 1 amide bonds. The van der Waals surface area contributed by atoms with Crippen LogP contribution in [0.25, 0.3) is 0 Å². The van der Waals surface area contributed by atoms with Gasteiger partial charge in [-0.15, -0.1) is 0 Å². The molecular weight excluding hydrogens is 231 g/mol. The van der Waals surface area contributed by atoms with Crippen molar-refractivity contribution in [3.05, 3.63) is 30.1 Å². The van der Waals surface area contributed by atoms with E-state index in [1.807, 2.05) is 13.8 Å². The van der Waals surface area contributed by atoms with Gasteiger partial charge in [0.25, 0.3) is 0 Å². The molecular formula is C14H21FN2O. The third-order valence-corrected chi connectivity index (χ3v) is 2.97. The standard InChI is InChI=1S/C14H21FN2O/c1-10(2)13(4-3-9-16)14(18)17-12-7-5-11(15)6-8-12/h5-8,10,13H,3-4,9,16H2,1-2H3,(H,17,18). The second-order valence-electron chi connectivity index (χ2n) is 4.78. The summed E-state index contributed by atoms with van der Waals surface area (Å²) in [5, 5.41) is 2.81. The Morgan fingerprint density at radius 3 is 2.44 bits per heavy atom. The van der Waals surface area contributed by atoms with Crippen LogP contribution >= 0.6 is 0 Å². The molecule has 0 bridgehead atoms. The topological polar surface area (TPSA) is 55.1 Å². The van der Waals surface area contributed by atoms with Gasteiger partial charge in [0.05, 0.1) is 0 Å². The van der Waals surface area contributed by atoms with E-state index < -0.39 is 0 Å². The fourth-order valence-corrected chi connectivity index (χ4v) is 1.87. The van der Waals surface area contributed by atoms with Gasteiger partial charge in [-0.05, 0) is 49.6 Å². The van der Waals surface area contributed by atoms with Crippen molar-refractivity contribution in [2.45, 2.75) is 26.7 Å². The number of carbonyl (C=O) groups excluding carboxylic acids is 1. The molecule has 18 heavy (non-hydrogen) atoms. The van der Waals surface area contributed by atoms with Crippen LogP contribution in [0.15, 0.2) is 24.3 Å². The second-order valence-corrected chi connectivity index (χ2v) is 4.78. The molecule has 0 aromatic heterocycles. The Morgan fingerprint density at radius 1 is 1.33 bits per heavy atom. The Balaban J connectivity index is 2.63. The van der Waals surface area contributed by atoms with Gasteiger partial charge in [0.15, 0.2) is 0 Å². The SMILES string of the molecule is CC(C)C(CCCN)C(=O)Nc1ccc(F)cc1. The van der Waals surface area contributed by atoms with Gasteiger partial charge < -0.3 is 11.1 Å². The zero-order chi connectivity index (χ0) is 13.5. The monoisotopic (exact) mass is 252 g/mol. The number of benzene rings is 1. The molecule has 100 valence electrons. The van der Waals surface area contributed by atoms with E-state index in [2.05, 4.69) is 5.32 Å². The van der Waals surface area contributed by atoms with Crippen LogP contribution in [0.1, 0.15) is 26.7 Å². The first-order valence-corrected chi connectivity index (χ1v) is 6.31. The smallest absolute Gasteiger partial charge is 0.227 e. The summed E-state index contributed by atoms with van der Waals surface area (Å²) in [5.74, 6) is -0.128. The molecule has 0 saturated carbocycles. The van der Waals surface area contributed by atoms with Crippen molar-refractivity contribution < 1.29 is 9.18 Å². The van der Waals surface area contributed by atoms with Gasteiger partial charge >= 0.3 is 0 Å². The highest BCUT2D eigenvalue weighted by Gasteiger charge is 2.21. The number of anilines is 1. The van der Waals surface area contributed by atoms with Gasteiger partial charge in [0.2, 0.25) is 5.91 Å². The Hall–Kier alpha value is -1.42. The van der Waals surface area contributed by atoms with Crippen LogP contribution < -0.4 is 11.1 Å². The van der Waals surface area contributed by atoms with E-state index in [1.54, 1.807) is 12.1 Å². The Morgan fingerprint density at radius 2 is 1.94 bits per heavy atom. The van der Waals surface area contributed by atoms with Crippen LogP contribution in [-0.4, -0.2) is 12.5 Å². The van der Waals surface area contributed by atoms with Crippen molar-refractivity contribution in [2.75, 3.05) is 11.9 Å². The first-order valence-electron chi connectivity index (χ1n) is 6.31. The third kappa shape index (κ3) is 4.45. The maximum Gasteiger partial charge on any atom is 0.227 e. The zero-order valence-electron chi connectivity index (χ0n) is 10.9. The lowest BCUT2D eigenvalue weighted by molar-refractivity contribution is -0.121. The number of nitrogens with two attached hydrogens (primary N) is 1. The van der Waals surface area contributed by atoms with Crippen LogP contribution in [0.5, 0.6) is 0 Å². The lowest BCUT2D eigenvalue weighted by atomic mass is 9.90. The molecule has 0 aliphatic rings. The van der Waals surface area contributed by atoms with Crippen molar-refractivity contribution in [3.8, 4) is 0 Å². The van der Waals surface area contributed by atoms with Crippen molar-refractivity contribution in [3.63, 3.8) is 0 Å². The van der Waals surface area contributed by atoms with Gasteiger partial charge in [-0.3, -0.25) is 4.79 Å². The van der Waals surface area contributed by atoms with E-state index >= 15 is 0 Å². The van der Waals surface area contributed by atoms with E-state index in [9.17, 15) is 9.18 Å². The van der Waals surface area contributed by atoms with Crippen molar-refractivity contribution in [1.29, 1.82) is 0 Å². The lowest BCUT2D eigenvalue weighted by Gasteiger charge is -2.20. The van der Waals surface area contributed by atoms with Gasteiger partial charge in [0.1, 0.15) is 5.82 Å². The Labute approximate surface area is 108 Å². The molecule has 1 atom stereocenters.